The average molecular weight is 243 g/mol. The molecular weight excluding hydrogens is 228 g/mol. The summed E-state index contributed by atoms with van der Waals surface area (Å²) in [5.74, 6) is 0.159. The van der Waals surface area contributed by atoms with Crippen molar-refractivity contribution in [3.05, 3.63) is 28.8 Å². The Labute approximate surface area is 100.0 Å². The van der Waals surface area contributed by atoms with Crippen molar-refractivity contribution in [1.82, 2.24) is 0 Å². The number of benzene rings is 1. The molecule has 0 spiro atoms. The van der Waals surface area contributed by atoms with E-state index >= 15 is 0 Å². The third-order valence-electron chi connectivity index (χ3n) is 1.92. The largest absolute Gasteiger partial charge is 0.492 e. The highest BCUT2D eigenvalue weighted by Crippen LogP contribution is 2.26. The van der Waals surface area contributed by atoms with Crippen LogP contribution in [0.15, 0.2) is 18.2 Å². The molecule has 1 aromatic carbocycles. The summed E-state index contributed by atoms with van der Waals surface area (Å²) in [6.45, 7) is 4.69. The highest BCUT2D eigenvalue weighted by Gasteiger charge is 2.06. The van der Waals surface area contributed by atoms with Crippen molar-refractivity contribution in [2.24, 2.45) is 5.92 Å². The van der Waals surface area contributed by atoms with Crippen molar-refractivity contribution in [1.29, 1.82) is 0 Å². The van der Waals surface area contributed by atoms with Crippen LogP contribution in [-0.2, 0) is 11.2 Å². The van der Waals surface area contributed by atoms with Gasteiger partial charge in [0.25, 0.3) is 0 Å². The molecule has 0 aliphatic heterocycles. The summed E-state index contributed by atoms with van der Waals surface area (Å²) in [7, 11) is 0. The van der Waals surface area contributed by atoms with Gasteiger partial charge in [-0.25, -0.2) is 0 Å². The fourth-order valence-corrected chi connectivity index (χ4v) is 1.46. The lowest BCUT2D eigenvalue weighted by Crippen LogP contribution is -2.05. The zero-order valence-corrected chi connectivity index (χ0v) is 10.1. The van der Waals surface area contributed by atoms with E-state index in [4.69, 9.17) is 21.4 Å². The van der Waals surface area contributed by atoms with E-state index in [9.17, 15) is 4.79 Å². The molecule has 3 nitrogen and oxygen atoms in total. The summed E-state index contributed by atoms with van der Waals surface area (Å²) < 4.78 is 5.48. The number of rotatable bonds is 5. The number of carbonyl (C=O) groups is 1. The SMILES string of the molecule is CC(C)COc1ccc(CC(=O)O)cc1Cl. The number of hydrogen-bond acceptors (Lipinski definition) is 2. The summed E-state index contributed by atoms with van der Waals surface area (Å²) >= 11 is 5.98. The van der Waals surface area contributed by atoms with Crippen molar-refractivity contribution < 1.29 is 14.6 Å². The maximum absolute atomic E-state index is 10.5. The van der Waals surface area contributed by atoms with E-state index in [-0.39, 0.29) is 6.42 Å². The fourth-order valence-electron chi connectivity index (χ4n) is 1.20. The minimum Gasteiger partial charge on any atom is -0.492 e. The second kappa shape index (κ2) is 5.75. The molecule has 0 saturated carbocycles. The van der Waals surface area contributed by atoms with Gasteiger partial charge in [0.1, 0.15) is 5.75 Å². The van der Waals surface area contributed by atoms with Gasteiger partial charge in [0.05, 0.1) is 18.1 Å². The number of carboxylic acid groups (broad SMARTS) is 1. The van der Waals surface area contributed by atoms with Gasteiger partial charge in [-0.05, 0) is 23.6 Å². The van der Waals surface area contributed by atoms with Gasteiger partial charge in [0.2, 0.25) is 0 Å². The first kappa shape index (κ1) is 12.8. The molecule has 1 N–H and O–H groups in total. The van der Waals surface area contributed by atoms with Crippen LogP contribution in [0.3, 0.4) is 0 Å². The van der Waals surface area contributed by atoms with Crippen LogP contribution in [0.2, 0.25) is 5.02 Å². The molecule has 0 aliphatic carbocycles. The zero-order valence-electron chi connectivity index (χ0n) is 9.37. The van der Waals surface area contributed by atoms with Crippen molar-refractivity contribution in [2.45, 2.75) is 20.3 Å². The molecule has 0 fully saturated rings. The maximum atomic E-state index is 10.5. The van der Waals surface area contributed by atoms with Crippen molar-refractivity contribution in [2.75, 3.05) is 6.61 Å². The molecule has 16 heavy (non-hydrogen) atoms. The molecule has 1 rings (SSSR count). The maximum Gasteiger partial charge on any atom is 0.307 e. The van der Waals surface area contributed by atoms with Crippen LogP contribution in [-0.4, -0.2) is 17.7 Å². The van der Waals surface area contributed by atoms with Gasteiger partial charge in [-0.3, -0.25) is 4.79 Å². The molecule has 88 valence electrons. The summed E-state index contributed by atoms with van der Waals surface area (Å²) in [6.07, 6.45) is -0.0236. The Kier molecular flexibility index (Phi) is 4.62. The molecule has 0 heterocycles. The minimum absolute atomic E-state index is 0.0236. The highest BCUT2D eigenvalue weighted by atomic mass is 35.5. The molecule has 0 amide bonds. The monoisotopic (exact) mass is 242 g/mol. The van der Waals surface area contributed by atoms with Gasteiger partial charge in [-0.15, -0.1) is 0 Å². The standard InChI is InChI=1S/C12H15ClO3/c1-8(2)7-16-11-4-3-9(5-10(11)13)6-12(14)15/h3-5,8H,6-7H2,1-2H3,(H,14,15). The molecule has 1 aromatic rings. The fraction of sp³-hybridized carbons (Fsp3) is 0.417. The predicted octanol–water partition coefficient (Wildman–Crippen LogP) is 3.00. The Hall–Kier alpha value is -1.22. The number of aliphatic carboxylic acids is 1. The number of hydrogen-bond donors (Lipinski definition) is 1. The molecule has 0 saturated heterocycles. The van der Waals surface area contributed by atoms with E-state index in [1.54, 1.807) is 18.2 Å². The third-order valence-corrected chi connectivity index (χ3v) is 2.22. The van der Waals surface area contributed by atoms with Crippen LogP contribution < -0.4 is 4.74 Å². The van der Waals surface area contributed by atoms with Crippen LogP contribution >= 0.6 is 11.6 Å². The summed E-state index contributed by atoms with van der Waals surface area (Å²) in [5.41, 5.74) is 0.675. The van der Waals surface area contributed by atoms with E-state index < -0.39 is 5.97 Å². The van der Waals surface area contributed by atoms with Crippen LogP contribution in [0.1, 0.15) is 19.4 Å². The lowest BCUT2D eigenvalue weighted by atomic mass is 10.1. The topological polar surface area (TPSA) is 46.5 Å². The van der Waals surface area contributed by atoms with Gasteiger partial charge in [0.15, 0.2) is 0 Å². The van der Waals surface area contributed by atoms with Gasteiger partial charge >= 0.3 is 5.97 Å². The van der Waals surface area contributed by atoms with Crippen molar-refractivity contribution in [3.63, 3.8) is 0 Å². The number of carboxylic acids is 1. The lowest BCUT2D eigenvalue weighted by molar-refractivity contribution is -0.136. The van der Waals surface area contributed by atoms with Crippen LogP contribution in [0.4, 0.5) is 0 Å². The normalized spacial score (nSPS) is 10.5. The lowest BCUT2D eigenvalue weighted by Gasteiger charge is -2.10. The number of halogens is 1. The van der Waals surface area contributed by atoms with Crippen molar-refractivity contribution >= 4 is 17.6 Å². The predicted molar refractivity (Wildman–Crippen MR) is 63.1 cm³/mol. The van der Waals surface area contributed by atoms with E-state index in [1.807, 2.05) is 13.8 Å². The van der Waals surface area contributed by atoms with E-state index in [1.165, 1.54) is 0 Å². The summed E-state index contributed by atoms with van der Waals surface area (Å²) in [4.78, 5) is 10.5. The highest BCUT2D eigenvalue weighted by molar-refractivity contribution is 6.32. The smallest absolute Gasteiger partial charge is 0.307 e. The summed E-state index contributed by atoms with van der Waals surface area (Å²) in [6, 6.07) is 5.06. The van der Waals surface area contributed by atoms with Crippen LogP contribution in [0, 0.1) is 5.92 Å². The molecule has 0 radical (unpaired) electrons. The van der Waals surface area contributed by atoms with Crippen LogP contribution in [0.25, 0.3) is 0 Å². The van der Waals surface area contributed by atoms with Gasteiger partial charge < -0.3 is 9.84 Å². The van der Waals surface area contributed by atoms with Gasteiger partial charge in [-0.2, -0.15) is 0 Å². The zero-order chi connectivity index (χ0) is 12.1. The molecule has 0 bridgehead atoms. The quantitative estimate of drug-likeness (QED) is 0.864. The summed E-state index contributed by atoms with van der Waals surface area (Å²) in [5, 5.41) is 9.09. The Morgan fingerprint density at radius 2 is 2.19 bits per heavy atom. The van der Waals surface area contributed by atoms with E-state index in [0.29, 0.717) is 28.9 Å². The Bertz CT molecular complexity index is 375. The first-order valence-electron chi connectivity index (χ1n) is 5.12. The Morgan fingerprint density at radius 1 is 1.50 bits per heavy atom. The Balaban J connectivity index is 2.71. The number of ether oxygens (including phenoxy) is 1. The Morgan fingerprint density at radius 3 is 2.69 bits per heavy atom. The molecule has 0 aromatic heterocycles. The molecule has 0 aliphatic rings. The average Bonchev–Trinajstić information content (AvgIpc) is 2.15. The van der Waals surface area contributed by atoms with Gasteiger partial charge in [0, 0.05) is 0 Å². The third kappa shape index (κ3) is 4.11. The van der Waals surface area contributed by atoms with Crippen LogP contribution in [0.5, 0.6) is 5.75 Å². The molecule has 4 heteroatoms. The first-order valence-corrected chi connectivity index (χ1v) is 5.50. The first-order chi connectivity index (χ1) is 7.49. The van der Waals surface area contributed by atoms with Crippen molar-refractivity contribution in [3.8, 4) is 5.75 Å². The van der Waals surface area contributed by atoms with Gasteiger partial charge in [-0.1, -0.05) is 31.5 Å². The minimum atomic E-state index is -0.869. The molecular formula is C12H15ClO3. The molecule has 0 unspecified atom stereocenters. The second-order valence-electron chi connectivity index (χ2n) is 4.04. The molecule has 0 atom stereocenters. The second-order valence-corrected chi connectivity index (χ2v) is 4.45. The van der Waals surface area contributed by atoms with E-state index in [2.05, 4.69) is 0 Å². The van der Waals surface area contributed by atoms with E-state index in [0.717, 1.165) is 0 Å².